The first-order valence-electron chi connectivity index (χ1n) is 3.82. The summed E-state index contributed by atoms with van der Waals surface area (Å²) in [6, 6.07) is 0. The summed E-state index contributed by atoms with van der Waals surface area (Å²) < 4.78 is 56.5. The number of carbonyl (C=O) groups is 1. The zero-order valence-corrected chi connectivity index (χ0v) is 11.3. The summed E-state index contributed by atoms with van der Waals surface area (Å²) >= 11 is 15.3. The van der Waals surface area contributed by atoms with Crippen LogP contribution < -0.4 is 11.1 Å². The maximum atomic E-state index is 12.4. The van der Waals surface area contributed by atoms with Gasteiger partial charge in [-0.2, -0.15) is 13.2 Å². The highest BCUT2D eigenvalue weighted by molar-refractivity contribution is 7.93. The smallest absolute Gasteiger partial charge is 0.318 e. The van der Waals surface area contributed by atoms with Crippen LogP contribution in [-0.2, 0) is 14.6 Å². The normalized spacial score (nSPS) is 16.8. The van der Waals surface area contributed by atoms with Crippen molar-refractivity contribution in [3.05, 3.63) is 12.7 Å². The molecule has 0 aliphatic rings. The Labute approximate surface area is 115 Å². The Morgan fingerprint density at radius 2 is 1.67 bits per heavy atom. The van der Waals surface area contributed by atoms with Crippen molar-refractivity contribution in [3.63, 3.8) is 0 Å². The zero-order valence-electron chi connectivity index (χ0n) is 8.26. The molecule has 0 fully saturated rings. The van der Waals surface area contributed by atoms with Gasteiger partial charge < -0.3 is 5.32 Å². The second kappa shape index (κ2) is 5.04. The lowest BCUT2D eigenvalue weighted by atomic mass is 10.5. The first-order chi connectivity index (χ1) is 7.70. The average molecular weight is 350 g/mol. The molecule has 0 aliphatic carbocycles. The van der Waals surface area contributed by atoms with Gasteiger partial charge in [0.25, 0.3) is 9.84 Å². The van der Waals surface area contributed by atoms with Gasteiger partial charge in [-0.05, 0) is 6.08 Å². The van der Waals surface area contributed by atoms with Crippen LogP contribution >= 0.6 is 34.8 Å². The van der Waals surface area contributed by atoms with Crippen LogP contribution in [0, 0.1) is 0 Å². The second-order valence-corrected chi connectivity index (χ2v) is 7.27. The van der Waals surface area contributed by atoms with E-state index in [0.29, 0.717) is 6.08 Å². The Morgan fingerprint density at radius 3 is 1.89 bits per heavy atom. The fraction of sp³-hybridized carbons (Fsp3) is 0.500. The van der Waals surface area contributed by atoms with Gasteiger partial charge in [-0.1, -0.05) is 41.4 Å². The van der Waals surface area contributed by atoms with Gasteiger partial charge in [0.1, 0.15) is 0 Å². The van der Waals surface area contributed by atoms with Crippen molar-refractivity contribution in [3.8, 4) is 0 Å². The summed E-state index contributed by atoms with van der Waals surface area (Å²) in [6.07, 6.45) is 0.462. The van der Waals surface area contributed by atoms with E-state index >= 15 is 0 Å². The third kappa shape index (κ3) is 3.02. The minimum Gasteiger partial charge on any atom is -0.318 e. The number of halogens is 6. The Bertz CT molecular complexity index is 459. The highest BCUT2D eigenvalue weighted by Crippen LogP contribution is 2.43. The van der Waals surface area contributed by atoms with Crippen LogP contribution in [0.1, 0.15) is 0 Å². The van der Waals surface area contributed by atoms with Crippen molar-refractivity contribution in [2.24, 2.45) is 5.73 Å². The molecule has 0 aliphatic heterocycles. The van der Waals surface area contributed by atoms with Gasteiger partial charge in [-0.3, -0.25) is 10.5 Å². The number of rotatable bonds is 3. The molecule has 5 nitrogen and oxygen atoms in total. The van der Waals surface area contributed by atoms with Crippen molar-refractivity contribution >= 4 is 50.5 Å². The van der Waals surface area contributed by atoms with Gasteiger partial charge in [0.05, 0.1) is 0 Å². The molecule has 0 aromatic carbocycles. The first-order valence-corrected chi connectivity index (χ1v) is 6.43. The molecule has 3 N–H and O–H groups in total. The maximum Gasteiger partial charge on any atom is 0.501 e. The second-order valence-electron chi connectivity index (χ2n) is 2.88. The van der Waals surface area contributed by atoms with Crippen molar-refractivity contribution in [1.29, 1.82) is 0 Å². The summed E-state index contributed by atoms with van der Waals surface area (Å²) in [5.41, 5.74) is -0.901. The van der Waals surface area contributed by atoms with E-state index in [1.807, 2.05) is 0 Å². The summed E-state index contributed by atoms with van der Waals surface area (Å²) in [4.78, 5) is 7.24. The predicted molar refractivity (Wildman–Crippen MR) is 60.5 cm³/mol. The van der Waals surface area contributed by atoms with Crippen LogP contribution in [0.2, 0.25) is 0 Å². The number of alkyl halides is 6. The summed E-state index contributed by atoms with van der Waals surface area (Å²) in [5, 5.41) is 1.25. The van der Waals surface area contributed by atoms with Crippen molar-refractivity contribution < 1.29 is 26.4 Å². The van der Waals surface area contributed by atoms with E-state index in [1.165, 1.54) is 5.32 Å². The minimum absolute atomic E-state index is 0.462. The average Bonchev–Trinajstić information content (AvgIpc) is 2.13. The number of amides is 1. The van der Waals surface area contributed by atoms with E-state index in [4.69, 9.17) is 40.5 Å². The quantitative estimate of drug-likeness (QED) is 0.455. The molecular formula is C6H6Cl3F3N2O3S. The molecule has 1 atom stereocenters. The molecule has 0 rings (SSSR count). The topological polar surface area (TPSA) is 89.3 Å². The Kier molecular flexibility index (Phi) is 4.98. The number of sulfone groups is 1. The number of hydrogen-bond donors (Lipinski definition) is 2. The van der Waals surface area contributed by atoms with Crippen molar-refractivity contribution in [2.45, 2.75) is 14.3 Å². The lowest BCUT2D eigenvalue weighted by Gasteiger charge is -2.35. The van der Waals surface area contributed by atoms with Gasteiger partial charge in [0.15, 0.2) is 0 Å². The molecule has 0 aromatic heterocycles. The fourth-order valence-electron chi connectivity index (χ4n) is 0.707. The highest BCUT2D eigenvalue weighted by Gasteiger charge is 2.67. The lowest BCUT2D eigenvalue weighted by molar-refractivity contribution is -0.117. The molecule has 18 heavy (non-hydrogen) atoms. The van der Waals surface area contributed by atoms with Crippen LogP contribution in [-0.4, -0.2) is 28.6 Å². The molecule has 106 valence electrons. The van der Waals surface area contributed by atoms with Crippen LogP contribution in [0.15, 0.2) is 12.7 Å². The van der Waals surface area contributed by atoms with Crippen LogP contribution in [0.4, 0.5) is 13.2 Å². The highest BCUT2D eigenvalue weighted by atomic mass is 35.6. The van der Waals surface area contributed by atoms with Gasteiger partial charge in [-0.15, -0.1) is 0 Å². The molecule has 1 unspecified atom stereocenters. The minimum atomic E-state index is -6.20. The molecule has 0 bridgehead atoms. The Hall–Kier alpha value is -0.220. The molecule has 0 saturated heterocycles. The predicted octanol–water partition coefficient (Wildman–Crippen LogP) is 1.21. The van der Waals surface area contributed by atoms with Crippen LogP contribution in [0.3, 0.4) is 0 Å². The van der Waals surface area contributed by atoms with Crippen molar-refractivity contribution in [2.75, 3.05) is 0 Å². The molecule has 0 saturated carbocycles. The molecule has 0 radical (unpaired) electrons. The van der Waals surface area contributed by atoms with Gasteiger partial charge in [0.2, 0.25) is 14.7 Å². The lowest BCUT2D eigenvalue weighted by Crippen LogP contribution is -2.71. The zero-order chi connectivity index (χ0) is 15.0. The molecule has 0 heterocycles. The van der Waals surface area contributed by atoms with Gasteiger partial charge in [0, 0.05) is 0 Å². The van der Waals surface area contributed by atoms with E-state index in [2.05, 4.69) is 6.58 Å². The monoisotopic (exact) mass is 348 g/mol. The largest absolute Gasteiger partial charge is 0.501 e. The van der Waals surface area contributed by atoms with Crippen LogP contribution in [0.5, 0.6) is 0 Å². The third-order valence-electron chi connectivity index (χ3n) is 1.64. The Morgan fingerprint density at radius 1 is 1.28 bits per heavy atom. The van der Waals surface area contributed by atoms with E-state index in [-0.39, 0.29) is 0 Å². The standard InChI is InChI=1S/C6H6Cl3F3N2O3S/c1-2-3(15)14-5(13,4(7,8)9)18(16,17)6(10,11)12/h2H,1,13H2,(H,14,15). The first kappa shape index (κ1) is 17.8. The number of nitrogens with one attached hydrogen (secondary N) is 1. The van der Waals surface area contributed by atoms with Gasteiger partial charge in [-0.25, -0.2) is 8.42 Å². The van der Waals surface area contributed by atoms with Crippen LogP contribution in [0.25, 0.3) is 0 Å². The Balaban J connectivity index is 5.97. The molecule has 0 spiro atoms. The molecular weight excluding hydrogens is 343 g/mol. The molecule has 12 heteroatoms. The summed E-state index contributed by atoms with van der Waals surface area (Å²) in [6.45, 7) is 2.90. The summed E-state index contributed by atoms with van der Waals surface area (Å²) in [7, 11) is -6.20. The van der Waals surface area contributed by atoms with E-state index in [0.717, 1.165) is 0 Å². The van der Waals surface area contributed by atoms with Crippen molar-refractivity contribution in [1.82, 2.24) is 5.32 Å². The number of hydrogen-bond acceptors (Lipinski definition) is 4. The number of carbonyl (C=O) groups excluding carboxylic acids is 1. The van der Waals surface area contributed by atoms with E-state index in [1.54, 1.807) is 0 Å². The van der Waals surface area contributed by atoms with E-state index < -0.39 is 30.0 Å². The molecule has 0 aromatic rings. The summed E-state index contributed by atoms with van der Waals surface area (Å²) in [5.74, 6) is -1.36. The molecule has 1 amide bonds. The SMILES string of the molecule is C=CC(=O)NC(N)(C(Cl)(Cl)Cl)S(=O)(=O)C(F)(F)F. The number of nitrogens with two attached hydrogens (primary N) is 1. The third-order valence-corrected chi connectivity index (χ3v) is 4.74. The maximum absolute atomic E-state index is 12.4. The van der Waals surface area contributed by atoms with E-state index in [9.17, 15) is 26.4 Å². The fourth-order valence-corrected chi connectivity index (χ4v) is 2.67. The van der Waals surface area contributed by atoms with Gasteiger partial charge >= 0.3 is 5.51 Å².